The molecular weight excluding hydrogens is 164 g/mol. The second-order valence-electron chi connectivity index (χ2n) is 2.56. The molecule has 0 saturated heterocycles. The quantitative estimate of drug-likeness (QED) is 0.514. The van der Waals surface area contributed by atoms with Crippen LogP contribution in [0.4, 0.5) is 0 Å². The van der Waals surface area contributed by atoms with Crippen LogP contribution in [0.5, 0.6) is 0 Å². The van der Waals surface area contributed by atoms with Crippen molar-refractivity contribution in [1.82, 2.24) is 0 Å². The molecule has 0 bridgehead atoms. The van der Waals surface area contributed by atoms with Crippen LogP contribution in [0.3, 0.4) is 0 Å². The molecule has 0 amide bonds. The third kappa shape index (κ3) is 2.12. The van der Waals surface area contributed by atoms with E-state index in [0.29, 0.717) is 11.1 Å². The number of ketones is 1. The monoisotopic (exact) mass is 173 g/mol. The van der Waals surface area contributed by atoms with Crippen LogP contribution in [0.25, 0.3) is 0 Å². The lowest BCUT2D eigenvalue weighted by Crippen LogP contribution is -2.01. The number of carbonyl (C=O) groups is 1. The smallest absolute Gasteiger partial charge is 0.234 e. The predicted molar refractivity (Wildman–Crippen MR) is 50.4 cm³/mol. The van der Waals surface area contributed by atoms with Gasteiger partial charge in [0.2, 0.25) is 6.29 Å². The summed E-state index contributed by atoms with van der Waals surface area (Å²) < 4.78 is 0. The van der Waals surface area contributed by atoms with Gasteiger partial charge in [0.15, 0.2) is 5.78 Å². The molecule has 1 rings (SSSR count). The first-order valence-electron chi connectivity index (χ1n) is 3.91. The minimum Gasteiger partial charge on any atom is -0.294 e. The summed E-state index contributed by atoms with van der Waals surface area (Å²) in [5, 5.41) is 0. The predicted octanol–water partition coefficient (Wildman–Crippen LogP) is 1.90. The first kappa shape index (κ1) is 9.39. The molecule has 1 aromatic carbocycles. The Labute approximate surface area is 76.9 Å². The number of Topliss-reactive ketones (excluding diaryl/α,β-unsaturated/α-hetero) is 1. The van der Waals surface area contributed by atoms with E-state index in [1.54, 1.807) is 30.6 Å². The van der Waals surface area contributed by atoms with E-state index in [2.05, 4.69) is 6.58 Å². The minimum atomic E-state index is -0.103. The Morgan fingerprint density at radius 2 is 2.15 bits per heavy atom. The lowest BCUT2D eigenvalue weighted by atomic mass is 10.0. The lowest BCUT2D eigenvalue weighted by molar-refractivity contribution is 0.0995. The number of benzene rings is 1. The van der Waals surface area contributed by atoms with Gasteiger partial charge in [-0.05, 0) is 0 Å². The summed E-state index contributed by atoms with van der Waals surface area (Å²) in [5.74, 6) is -0.103. The number of hydrogen-bond donors (Lipinski definition) is 0. The number of hydrogen-bond acceptors (Lipinski definition) is 2. The summed E-state index contributed by atoms with van der Waals surface area (Å²) in [5.41, 5.74) is 0.728. The first-order chi connectivity index (χ1) is 6.29. The average molecular weight is 173 g/mol. The summed E-state index contributed by atoms with van der Waals surface area (Å²) in [4.78, 5) is 21.8. The van der Waals surface area contributed by atoms with Crippen molar-refractivity contribution in [2.24, 2.45) is 0 Å². The molecule has 0 N–H and O–H groups in total. The number of rotatable bonds is 4. The van der Waals surface area contributed by atoms with Gasteiger partial charge in [-0.1, -0.05) is 30.3 Å². The Bertz CT molecular complexity index is 340. The number of carbonyl (C=O) groups excluding carboxylic acids is 2. The van der Waals surface area contributed by atoms with Crippen molar-refractivity contribution in [1.29, 1.82) is 0 Å². The molecule has 0 aliphatic heterocycles. The summed E-state index contributed by atoms with van der Waals surface area (Å²) in [6.07, 6.45) is 3.50. The van der Waals surface area contributed by atoms with E-state index in [0.717, 1.165) is 0 Å². The van der Waals surface area contributed by atoms with Crippen LogP contribution in [-0.2, 0) is 4.79 Å². The molecule has 1 aromatic rings. The van der Waals surface area contributed by atoms with E-state index in [9.17, 15) is 9.59 Å². The Balaban J connectivity index is 3.05. The highest BCUT2D eigenvalue weighted by molar-refractivity contribution is 6.03. The number of allylic oxidation sites excluding steroid dienone is 1. The van der Waals surface area contributed by atoms with Gasteiger partial charge in [0.25, 0.3) is 0 Å². The molecule has 13 heavy (non-hydrogen) atoms. The fourth-order valence-corrected chi connectivity index (χ4v) is 1.06. The molecule has 2 nitrogen and oxygen atoms in total. The van der Waals surface area contributed by atoms with Gasteiger partial charge in [-0.15, -0.1) is 6.58 Å². The normalized spacial score (nSPS) is 9.23. The highest BCUT2D eigenvalue weighted by atomic mass is 16.1. The fraction of sp³-hybridized carbons (Fsp3) is 0.0909. The van der Waals surface area contributed by atoms with Crippen LogP contribution in [-0.4, -0.2) is 12.1 Å². The van der Waals surface area contributed by atoms with Crippen LogP contribution < -0.4 is 0 Å². The largest absolute Gasteiger partial charge is 0.294 e. The molecule has 0 unspecified atom stereocenters. The van der Waals surface area contributed by atoms with Crippen LogP contribution in [0.15, 0.2) is 36.9 Å². The molecule has 0 atom stereocenters. The van der Waals surface area contributed by atoms with E-state index in [1.807, 2.05) is 0 Å². The van der Waals surface area contributed by atoms with Crippen molar-refractivity contribution in [3.05, 3.63) is 48.0 Å². The zero-order chi connectivity index (χ0) is 9.68. The molecular formula is C11H9O2. The van der Waals surface area contributed by atoms with Gasteiger partial charge in [-0.3, -0.25) is 9.59 Å². The average Bonchev–Trinajstić information content (AvgIpc) is 2.18. The zero-order valence-electron chi connectivity index (χ0n) is 7.12. The van der Waals surface area contributed by atoms with Crippen LogP contribution in [0.1, 0.15) is 22.3 Å². The molecule has 0 aromatic heterocycles. The van der Waals surface area contributed by atoms with Gasteiger partial charge in [0, 0.05) is 17.5 Å². The van der Waals surface area contributed by atoms with E-state index in [1.165, 1.54) is 6.08 Å². The zero-order valence-corrected chi connectivity index (χ0v) is 7.12. The van der Waals surface area contributed by atoms with E-state index in [-0.39, 0.29) is 12.2 Å². The Morgan fingerprint density at radius 1 is 1.46 bits per heavy atom. The minimum absolute atomic E-state index is 0.103. The second-order valence-corrected chi connectivity index (χ2v) is 2.56. The Hall–Kier alpha value is -1.70. The summed E-state index contributed by atoms with van der Waals surface area (Å²) >= 11 is 0. The first-order valence-corrected chi connectivity index (χ1v) is 3.91. The molecule has 0 spiro atoms. The maximum Gasteiger partial charge on any atom is 0.234 e. The van der Waals surface area contributed by atoms with Crippen molar-refractivity contribution < 1.29 is 9.59 Å². The molecule has 0 fully saturated rings. The molecule has 2 heteroatoms. The molecule has 0 aliphatic rings. The third-order valence-corrected chi connectivity index (χ3v) is 1.67. The fourth-order valence-electron chi connectivity index (χ4n) is 1.06. The van der Waals surface area contributed by atoms with Gasteiger partial charge >= 0.3 is 0 Å². The van der Waals surface area contributed by atoms with Gasteiger partial charge in [-0.2, -0.15) is 0 Å². The van der Waals surface area contributed by atoms with Gasteiger partial charge in [-0.25, -0.2) is 0 Å². The maximum absolute atomic E-state index is 11.4. The molecule has 0 aliphatic carbocycles. The van der Waals surface area contributed by atoms with Crippen molar-refractivity contribution >= 4 is 12.1 Å². The molecule has 65 valence electrons. The van der Waals surface area contributed by atoms with Gasteiger partial charge in [0.05, 0.1) is 0 Å². The Kier molecular flexibility index (Phi) is 3.15. The van der Waals surface area contributed by atoms with Crippen molar-refractivity contribution in [2.45, 2.75) is 6.42 Å². The Morgan fingerprint density at radius 3 is 2.77 bits per heavy atom. The van der Waals surface area contributed by atoms with E-state index >= 15 is 0 Å². The van der Waals surface area contributed by atoms with Crippen molar-refractivity contribution in [3.8, 4) is 0 Å². The van der Waals surface area contributed by atoms with E-state index < -0.39 is 0 Å². The highest BCUT2D eigenvalue weighted by Crippen LogP contribution is 2.08. The summed E-state index contributed by atoms with van der Waals surface area (Å²) in [6.45, 7) is 3.46. The van der Waals surface area contributed by atoms with Gasteiger partial charge < -0.3 is 0 Å². The maximum atomic E-state index is 11.4. The van der Waals surface area contributed by atoms with Crippen molar-refractivity contribution in [2.75, 3.05) is 0 Å². The second kappa shape index (κ2) is 4.36. The standard InChI is InChI=1S/C11H9O2/c1-2-5-11(13)10-7-4-3-6-9(10)8-12/h2-4,6-7H,1,5H2. The highest BCUT2D eigenvalue weighted by Gasteiger charge is 2.08. The van der Waals surface area contributed by atoms with Crippen LogP contribution in [0.2, 0.25) is 0 Å². The SMILES string of the molecule is C=CCC(=O)c1ccccc1[C]=O. The van der Waals surface area contributed by atoms with Gasteiger partial charge in [0.1, 0.15) is 0 Å². The van der Waals surface area contributed by atoms with Crippen LogP contribution in [0, 0.1) is 0 Å². The molecule has 0 heterocycles. The molecule has 1 radical (unpaired) electrons. The third-order valence-electron chi connectivity index (χ3n) is 1.67. The molecule has 0 saturated carbocycles. The van der Waals surface area contributed by atoms with Crippen molar-refractivity contribution in [3.63, 3.8) is 0 Å². The summed E-state index contributed by atoms with van der Waals surface area (Å²) in [7, 11) is 0. The topological polar surface area (TPSA) is 34.1 Å². The van der Waals surface area contributed by atoms with E-state index in [4.69, 9.17) is 0 Å². The van der Waals surface area contributed by atoms with Crippen LogP contribution >= 0.6 is 0 Å². The lowest BCUT2D eigenvalue weighted by Gasteiger charge is -1.99. The summed E-state index contributed by atoms with van der Waals surface area (Å²) in [6, 6.07) is 6.61.